The van der Waals surface area contributed by atoms with Crippen molar-refractivity contribution in [3.8, 4) is 0 Å². The van der Waals surface area contributed by atoms with Crippen LogP contribution in [-0.4, -0.2) is 24.4 Å². The monoisotopic (exact) mass is 553 g/mol. The largest absolute Gasteiger partial charge is 0.347 e. The van der Waals surface area contributed by atoms with E-state index in [-0.39, 0.29) is 10.8 Å². The molecular formula is C40H45N2+. The predicted octanol–water partition coefficient (Wildman–Crippen LogP) is 9.90. The molecule has 2 aliphatic heterocycles. The summed E-state index contributed by atoms with van der Waals surface area (Å²) in [5, 5.41) is 0. The van der Waals surface area contributed by atoms with E-state index in [0.29, 0.717) is 0 Å². The van der Waals surface area contributed by atoms with E-state index in [1.807, 2.05) is 0 Å². The predicted molar refractivity (Wildman–Crippen MR) is 180 cm³/mol. The van der Waals surface area contributed by atoms with Gasteiger partial charge in [0.2, 0.25) is 5.69 Å². The molecule has 0 aromatic heterocycles. The van der Waals surface area contributed by atoms with Gasteiger partial charge in [0.1, 0.15) is 7.05 Å². The molecule has 3 aromatic carbocycles. The molecule has 2 unspecified atom stereocenters. The fourth-order valence-electron chi connectivity index (χ4n) is 7.67. The van der Waals surface area contributed by atoms with Crippen molar-refractivity contribution in [3.05, 3.63) is 137 Å². The Morgan fingerprint density at radius 1 is 0.762 bits per heavy atom. The standard InChI is InChI=1S/C40H45N2/c1-7-39(3)32-21-12-14-23-34(32)41(5)36(39)27-25-30-19-16-20-31(38(30)29-17-10-9-11-18-29)26-28-37-40(4,8-2)33-22-13-15-24-35(33)42(37)6/h9-15,17-18,21-28H,7-8,16,19-20H2,1-6H3/q+1. The molecule has 0 radical (unpaired) electrons. The van der Waals surface area contributed by atoms with E-state index in [1.54, 1.807) is 0 Å². The maximum Gasteiger partial charge on any atom is 0.209 e. The van der Waals surface area contributed by atoms with Crippen molar-refractivity contribution in [2.75, 3.05) is 19.0 Å². The molecule has 0 fully saturated rings. The quantitative estimate of drug-likeness (QED) is 0.275. The lowest BCUT2D eigenvalue weighted by atomic mass is 9.76. The smallest absolute Gasteiger partial charge is 0.209 e. The summed E-state index contributed by atoms with van der Waals surface area (Å²) in [6.45, 7) is 9.44. The molecule has 0 N–H and O–H groups in total. The molecule has 1 aliphatic carbocycles. The zero-order chi connectivity index (χ0) is 29.5. The van der Waals surface area contributed by atoms with Crippen LogP contribution in [0.3, 0.4) is 0 Å². The second-order valence-corrected chi connectivity index (χ2v) is 12.6. The Morgan fingerprint density at radius 3 is 2.17 bits per heavy atom. The van der Waals surface area contributed by atoms with Crippen LogP contribution in [0.2, 0.25) is 0 Å². The minimum absolute atomic E-state index is 0.0136. The zero-order valence-corrected chi connectivity index (χ0v) is 26.2. The number of allylic oxidation sites excluding steroid dienone is 8. The number of hydrogen-bond donors (Lipinski definition) is 0. The molecule has 2 heterocycles. The Balaban J connectivity index is 1.45. The first-order valence-electron chi connectivity index (χ1n) is 15.8. The van der Waals surface area contributed by atoms with Gasteiger partial charge in [-0.1, -0.05) is 92.7 Å². The highest BCUT2D eigenvalue weighted by Gasteiger charge is 2.45. The van der Waals surface area contributed by atoms with Gasteiger partial charge in [0.25, 0.3) is 0 Å². The van der Waals surface area contributed by atoms with Gasteiger partial charge in [0.05, 0.1) is 5.41 Å². The number of para-hydroxylation sites is 2. The first-order valence-corrected chi connectivity index (χ1v) is 15.8. The molecule has 0 saturated carbocycles. The lowest BCUT2D eigenvalue weighted by Crippen LogP contribution is -2.29. The van der Waals surface area contributed by atoms with Crippen LogP contribution in [0.1, 0.15) is 76.5 Å². The average molecular weight is 554 g/mol. The lowest BCUT2D eigenvalue weighted by molar-refractivity contribution is -0.401. The molecule has 0 amide bonds. The number of rotatable bonds is 6. The number of hydrogen-bond acceptors (Lipinski definition) is 1. The van der Waals surface area contributed by atoms with E-state index >= 15 is 0 Å². The summed E-state index contributed by atoms with van der Waals surface area (Å²) in [7, 11) is 4.45. The summed E-state index contributed by atoms with van der Waals surface area (Å²) in [5.41, 5.74) is 13.9. The van der Waals surface area contributed by atoms with Crippen molar-refractivity contribution in [2.24, 2.45) is 0 Å². The van der Waals surface area contributed by atoms with Crippen LogP contribution in [0.25, 0.3) is 5.57 Å². The van der Waals surface area contributed by atoms with Gasteiger partial charge >= 0.3 is 0 Å². The van der Waals surface area contributed by atoms with Crippen LogP contribution in [0, 0.1) is 0 Å². The highest BCUT2D eigenvalue weighted by molar-refractivity contribution is 6.04. The van der Waals surface area contributed by atoms with E-state index in [9.17, 15) is 0 Å². The summed E-state index contributed by atoms with van der Waals surface area (Å²) >= 11 is 0. The minimum Gasteiger partial charge on any atom is -0.347 e. The molecule has 0 saturated heterocycles. The second-order valence-electron chi connectivity index (χ2n) is 12.6. The van der Waals surface area contributed by atoms with Crippen molar-refractivity contribution < 1.29 is 4.58 Å². The fourth-order valence-corrected chi connectivity index (χ4v) is 7.67. The summed E-state index contributed by atoms with van der Waals surface area (Å²) in [4.78, 5) is 2.40. The Morgan fingerprint density at radius 2 is 1.43 bits per heavy atom. The van der Waals surface area contributed by atoms with Gasteiger partial charge in [0, 0.05) is 41.6 Å². The van der Waals surface area contributed by atoms with Crippen LogP contribution >= 0.6 is 0 Å². The van der Waals surface area contributed by atoms with E-state index in [4.69, 9.17) is 0 Å². The van der Waals surface area contributed by atoms with Crippen molar-refractivity contribution in [1.82, 2.24) is 0 Å². The third kappa shape index (κ3) is 4.44. The van der Waals surface area contributed by atoms with Crippen LogP contribution in [-0.2, 0) is 10.8 Å². The second kappa shape index (κ2) is 11.1. The van der Waals surface area contributed by atoms with Gasteiger partial charge in [-0.3, -0.25) is 0 Å². The molecule has 0 spiro atoms. The van der Waals surface area contributed by atoms with Crippen molar-refractivity contribution in [2.45, 2.75) is 70.6 Å². The third-order valence-electron chi connectivity index (χ3n) is 10.5. The molecule has 0 bridgehead atoms. The average Bonchev–Trinajstić information content (AvgIpc) is 3.39. The maximum atomic E-state index is 2.43. The van der Waals surface area contributed by atoms with Gasteiger partial charge in [0.15, 0.2) is 5.71 Å². The first-order chi connectivity index (χ1) is 20.3. The topological polar surface area (TPSA) is 6.25 Å². The van der Waals surface area contributed by atoms with Gasteiger partial charge < -0.3 is 4.90 Å². The highest BCUT2D eigenvalue weighted by atomic mass is 15.2. The van der Waals surface area contributed by atoms with Gasteiger partial charge in [-0.05, 0) is 85.9 Å². The van der Waals surface area contributed by atoms with E-state index in [2.05, 4.69) is 154 Å². The molecule has 3 aliphatic rings. The van der Waals surface area contributed by atoms with E-state index in [1.165, 1.54) is 62.6 Å². The number of fused-ring (bicyclic) bond motifs is 2. The molecule has 2 heteroatoms. The van der Waals surface area contributed by atoms with E-state index in [0.717, 1.165) is 25.7 Å². The Hall–Kier alpha value is -3.91. The van der Waals surface area contributed by atoms with Crippen molar-refractivity contribution in [1.29, 1.82) is 0 Å². The number of likely N-dealkylation sites (N-methyl/N-ethyl adjacent to an activating group) is 1. The first kappa shape index (κ1) is 28.2. The molecule has 214 valence electrons. The summed E-state index contributed by atoms with van der Waals surface area (Å²) in [5.74, 6) is 0. The number of benzene rings is 3. The minimum atomic E-state index is 0.0136. The van der Waals surface area contributed by atoms with Crippen LogP contribution in [0.5, 0.6) is 0 Å². The fraction of sp³-hybridized carbons (Fsp3) is 0.325. The van der Waals surface area contributed by atoms with Gasteiger partial charge in [-0.2, -0.15) is 4.58 Å². The number of nitrogens with zero attached hydrogens (tertiary/aromatic N) is 2. The summed E-state index contributed by atoms with van der Waals surface area (Å²) in [6, 6.07) is 28.8. The highest BCUT2D eigenvalue weighted by Crippen LogP contribution is 2.49. The van der Waals surface area contributed by atoms with Gasteiger partial charge in [-0.25, -0.2) is 0 Å². The lowest BCUT2D eigenvalue weighted by Gasteiger charge is -2.28. The Labute approximate surface area is 253 Å². The van der Waals surface area contributed by atoms with Gasteiger partial charge in [-0.15, -0.1) is 0 Å². The van der Waals surface area contributed by atoms with Crippen molar-refractivity contribution in [3.63, 3.8) is 0 Å². The normalized spacial score (nSPS) is 25.7. The summed E-state index contributed by atoms with van der Waals surface area (Å²) in [6.07, 6.45) is 15.2. The van der Waals surface area contributed by atoms with E-state index < -0.39 is 0 Å². The van der Waals surface area contributed by atoms with Crippen LogP contribution < -0.4 is 4.90 Å². The van der Waals surface area contributed by atoms with Crippen molar-refractivity contribution >= 4 is 22.7 Å². The maximum absolute atomic E-state index is 2.43. The van der Waals surface area contributed by atoms with Crippen LogP contribution in [0.4, 0.5) is 11.4 Å². The molecule has 42 heavy (non-hydrogen) atoms. The Bertz CT molecular complexity index is 1660. The molecule has 3 aromatic rings. The molecule has 6 rings (SSSR count). The Kier molecular flexibility index (Phi) is 7.43. The molecular weight excluding hydrogens is 508 g/mol. The summed E-state index contributed by atoms with van der Waals surface area (Å²) < 4.78 is 2.40. The molecule has 2 nitrogen and oxygen atoms in total. The number of anilines is 1. The zero-order valence-electron chi connectivity index (χ0n) is 26.2. The molecule has 2 atom stereocenters. The third-order valence-corrected chi connectivity index (χ3v) is 10.5. The SMILES string of the molecule is CCC1(C)C(/C=C/C2=C(c3ccccc3)C(=C/C=C3/N(C)c4ccccc4C3(C)CC)/CCC2)=[N+](C)c2ccccc21. The van der Waals surface area contributed by atoms with Crippen LogP contribution in [0.15, 0.2) is 120 Å².